The topological polar surface area (TPSA) is 129 Å². The van der Waals surface area contributed by atoms with Gasteiger partial charge >= 0.3 is 0 Å². The zero-order valence-corrected chi connectivity index (χ0v) is 20.8. The van der Waals surface area contributed by atoms with E-state index in [4.69, 9.17) is 17.3 Å². The number of nitrogens with two attached hydrogens (primary N) is 1. The van der Waals surface area contributed by atoms with Gasteiger partial charge < -0.3 is 11.1 Å². The number of aryl methyl sites for hydroxylation is 3. The molecule has 2 aromatic heterocycles. The van der Waals surface area contributed by atoms with Crippen LogP contribution in [0, 0.1) is 20.8 Å². The third kappa shape index (κ3) is 5.67. The maximum Gasteiger partial charge on any atom is 0.278 e. The standard InChI is InChI=1S/C24H22ClN7O2S/c1-13-4-9-18(11-19(13)25)32-20(12-35-24-27-14(2)10-15(3)28-24)21(30-31-32)23(34)29-17-7-5-16(6-8-17)22(26)33/h4-11H,12H2,1-3H3,(H2,26,33)(H,29,34). The highest BCUT2D eigenvalue weighted by atomic mass is 35.5. The lowest BCUT2D eigenvalue weighted by Gasteiger charge is -2.10. The fourth-order valence-electron chi connectivity index (χ4n) is 3.33. The maximum atomic E-state index is 13.2. The van der Waals surface area contributed by atoms with Crippen molar-refractivity contribution in [3.8, 4) is 5.69 Å². The fraction of sp³-hybridized carbons (Fsp3) is 0.167. The van der Waals surface area contributed by atoms with Gasteiger partial charge in [-0.25, -0.2) is 14.6 Å². The monoisotopic (exact) mass is 507 g/mol. The average molecular weight is 508 g/mol. The lowest BCUT2D eigenvalue weighted by molar-refractivity contribution is 0.0997. The molecule has 9 nitrogen and oxygen atoms in total. The van der Waals surface area contributed by atoms with E-state index in [1.807, 2.05) is 39.0 Å². The second kappa shape index (κ2) is 10.2. The van der Waals surface area contributed by atoms with E-state index >= 15 is 0 Å². The number of hydrogen-bond acceptors (Lipinski definition) is 7. The van der Waals surface area contributed by atoms with Gasteiger partial charge in [0.2, 0.25) is 5.91 Å². The van der Waals surface area contributed by atoms with Crippen molar-refractivity contribution in [3.05, 3.63) is 87.5 Å². The molecule has 0 spiro atoms. The molecule has 3 N–H and O–H groups in total. The van der Waals surface area contributed by atoms with Gasteiger partial charge in [0.25, 0.3) is 5.91 Å². The maximum absolute atomic E-state index is 13.2. The number of hydrogen-bond donors (Lipinski definition) is 2. The number of rotatable bonds is 7. The predicted octanol–water partition coefficient (Wildman–Crippen LogP) is 4.28. The van der Waals surface area contributed by atoms with Gasteiger partial charge in [-0.15, -0.1) is 5.10 Å². The van der Waals surface area contributed by atoms with Crippen LogP contribution in [0.3, 0.4) is 0 Å². The zero-order valence-electron chi connectivity index (χ0n) is 19.2. The Balaban J connectivity index is 1.67. The molecule has 0 radical (unpaired) electrons. The van der Waals surface area contributed by atoms with Crippen LogP contribution in [0.2, 0.25) is 5.02 Å². The summed E-state index contributed by atoms with van der Waals surface area (Å²) in [4.78, 5) is 33.4. The number of halogens is 1. The molecule has 2 amide bonds. The number of aromatic nitrogens is 5. The summed E-state index contributed by atoms with van der Waals surface area (Å²) in [7, 11) is 0. The third-order valence-corrected chi connectivity index (χ3v) is 6.37. The van der Waals surface area contributed by atoms with Crippen LogP contribution in [0.15, 0.2) is 53.7 Å². The number of anilines is 1. The van der Waals surface area contributed by atoms with Crippen LogP contribution in [0.25, 0.3) is 5.69 Å². The van der Waals surface area contributed by atoms with E-state index in [0.717, 1.165) is 17.0 Å². The van der Waals surface area contributed by atoms with Crippen LogP contribution in [0.4, 0.5) is 5.69 Å². The van der Waals surface area contributed by atoms with E-state index in [1.165, 1.54) is 23.9 Å². The molecule has 0 aliphatic carbocycles. The van der Waals surface area contributed by atoms with Gasteiger partial charge in [0.15, 0.2) is 10.9 Å². The van der Waals surface area contributed by atoms with Crippen molar-refractivity contribution in [2.75, 3.05) is 5.32 Å². The number of primary amides is 1. The number of thioether (sulfide) groups is 1. The van der Waals surface area contributed by atoms with E-state index < -0.39 is 11.8 Å². The van der Waals surface area contributed by atoms with Crippen molar-refractivity contribution in [2.24, 2.45) is 5.73 Å². The Morgan fingerprint density at radius 3 is 2.34 bits per heavy atom. The van der Waals surface area contributed by atoms with Crippen molar-refractivity contribution < 1.29 is 9.59 Å². The van der Waals surface area contributed by atoms with Crippen LogP contribution in [-0.2, 0) is 5.75 Å². The molecule has 4 aromatic rings. The Morgan fingerprint density at radius 1 is 1.03 bits per heavy atom. The molecular weight excluding hydrogens is 486 g/mol. The van der Waals surface area contributed by atoms with Crippen molar-refractivity contribution in [3.63, 3.8) is 0 Å². The van der Waals surface area contributed by atoms with E-state index in [0.29, 0.717) is 38.6 Å². The normalized spacial score (nSPS) is 10.9. The Morgan fingerprint density at radius 2 is 1.71 bits per heavy atom. The molecular formula is C24H22ClN7O2S. The summed E-state index contributed by atoms with van der Waals surface area (Å²) < 4.78 is 1.59. The molecule has 2 aromatic carbocycles. The van der Waals surface area contributed by atoms with E-state index in [9.17, 15) is 9.59 Å². The van der Waals surface area contributed by atoms with Gasteiger partial charge in [-0.2, -0.15) is 0 Å². The van der Waals surface area contributed by atoms with Gasteiger partial charge in [0.05, 0.1) is 11.4 Å². The van der Waals surface area contributed by atoms with Crippen molar-refractivity contribution in [1.82, 2.24) is 25.0 Å². The zero-order chi connectivity index (χ0) is 25.1. The van der Waals surface area contributed by atoms with Gasteiger partial charge in [-0.05, 0) is 68.8 Å². The van der Waals surface area contributed by atoms with Crippen LogP contribution < -0.4 is 11.1 Å². The quantitative estimate of drug-likeness (QED) is 0.282. The van der Waals surface area contributed by atoms with Gasteiger partial charge in [0, 0.05) is 33.4 Å². The first kappa shape index (κ1) is 24.4. The Hall–Kier alpha value is -3.76. The molecule has 4 rings (SSSR count). The second-order valence-electron chi connectivity index (χ2n) is 7.85. The fourth-order valence-corrected chi connectivity index (χ4v) is 4.44. The molecule has 0 fully saturated rings. The Bertz CT molecular complexity index is 1400. The summed E-state index contributed by atoms with van der Waals surface area (Å²) in [5.41, 5.74) is 10.1. The molecule has 0 aliphatic heterocycles. The molecule has 178 valence electrons. The Kier molecular flexibility index (Phi) is 7.13. The van der Waals surface area contributed by atoms with E-state index in [1.54, 1.807) is 22.9 Å². The van der Waals surface area contributed by atoms with Gasteiger partial charge in [-0.1, -0.05) is 34.6 Å². The van der Waals surface area contributed by atoms with Crippen LogP contribution in [0.1, 0.15) is 43.5 Å². The van der Waals surface area contributed by atoms with Crippen molar-refractivity contribution >= 4 is 40.9 Å². The number of nitrogens with one attached hydrogen (secondary N) is 1. The smallest absolute Gasteiger partial charge is 0.278 e. The molecule has 0 bridgehead atoms. The molecule has 0 saturated heterocycles. The number of carbonyl (C=O) groups is 2. The summed E-state index contributed by atoms with van der Waals surface area (Å²) in [5.74, 6) is -0.654. The average Bonchev–Trinajstić information content (AvgIpc) is 3.23. The third-order valence-electron chi connectivity index (χ3n) is 5.11. The first-order chi connectivity index (χ1) is 16.7. The van der Waals surface area contributed by atoms with Crippen LogP contribution >= 0.6 is 23.4 Å². The lowest BCUT2D eigenvalue weighted by Crippen LogP contribution is -2.16. The largest absolute Gasteiger partial charge is 0.366 e. The minimum atomic E-state index is -0.546. The molecule has 0 aliphatic rings. The highest BCUT2D eigenvalue weighted by Crippen LogP contribution is 2.26. The van der Waals surface area contributed by atoms with Crippen molar-refractivity contribution in [2.45, 2.75) is 31.7 Å². The summed E-state index contributed by atoms with van der Waals surface area (Å²) in [5, 5.41) is 12.4. The minimum absolute atomic E-state index is 0.151. The van der Waals surface area contributed by atoms with E-state index in [2.05, 4.69) is 25.6 Å². The summed E-state index contributed by atoms with van der Waals surface area (Å²) >= 11 is 7.71. The highest BCUT2D eigenvalue weighted by molar-refractivity contribution is 7.98. The molecule has 0 saturated carbocycles. The first-order valence-corrected chi connectivity index (χ1v) is 11.9. The number of nitrogens with zero attached hydrogens (tertiary/aromatic N) is 5. The molecule has 2 heterocycles. The Labute approximate surface area is 211 Å². The first-order valence-electron chi connectivity index (χ1n) is 10.6. The molecule has 0 unspecified atom stereocenters. The van der Waals surface area contributed by atoms with Gasteiger partial charge in [0.1, 0.15) is 0 Å². The minimum Gasteiger partial charge on any atom is -0.366 e. The van der Waals surface area contributed by atoms with Crippen LogP contribution in [-0.4, -0.2) is 36.8 Å². The predicted molar refractivity (Wildman–Crippen MR) is 135 cm³/mol. The SMILES string of the molecule is Cc1cc(C)nc(SCc2c(C(=O)Nc3ccc(C(N)=O)cc3)nnn2-c2ccc(C)c(Cl)c2)n1. The highest BCUT2D eigenvalue weighted by Gasteiger charge is 2.22. The summed E-state index contributed by atoms with van der Waals surface area (Å²) in [6, 6.07) is 13.7. The van der Waals surface area contributed by atoms with E-state index in [-0.39, 0.29) is 5.69 Å². The lowest BCUT2D eigenvalue weighted by atomic mass is 10.2. The molecule has 11 heteroatoms. The van der Waals surface area contributed by atoms with Crippen molar-refractivity contribution in [1.29, 1.82) is 0 Å². The number of carbonyl (C=O) groups excluding carboxylic acids is 2. The summed E-state index contributed by atoms with van der Waals surface area (Å²) in [6.07, 6.45) is 0. The second-order valence-corrected chi connectivity index (χ2v) is 9.20. The number of amides is 2. The molecule has 35 heavy (non-hydrogen) atoms. The molecule has 0 atom stereocenters. The van der Waals surface area contributed by atoms with Gasteiger partial charge in [-0.3, -0.25) is 9.59 Å². The van der Waals surface area contributed by atoms with Crippen LogP contribution in [0.5, 0.6) is 0 Å². The number of benzene rings is 2. The summed E-state index contributed by atoms with van der Waals surface area (Å²) in [6.45, 7) is 5.71.